The van der Waals surface area contributed by atoms with Crippen LogP contribution in [0.4, 0.5) is 26.2 Å². The van der Waals surface area contributed by atoms with Crippen molar-refractivity contribution in [3.8, 4) is 5.69 Å². The van der Waals surface area contributed by atoms with Gasteiger partial charge in [0.25, 0.3) is 5.56 Å². The molecule has 1 aromatic heterocycles. The zero-order valence-corrected chi connectivity index (χ0v) is 20.3. The van der Waals surface area contributed by atoms with Crippen LogP contribution in [0.3, 0.4) is 0 Å². The Balaban J connectivity index is 1.35. The fourth-order valence-electron chi connectivity index (χ4n) is 4.43. The third kappa shape index (κ3) is 5.00. The van der Waals surface area contributed by atoms with Gasteiger partial charge in [0, 0.05) is 45.0 Å². The molecule has 9 nitrogen and oxygen atoms in total. The summed E-state index contributed by atoms with van der Waals surface area (Å²) in [6, 6.07) is 13.1. The lowest BCUT2D eigenvalue weighted by atomic mass is 10.2. The Labute approximate surface area is 212 Å². The van der Waals surface area contributed by atoms with E-state index < -0.39 is 5.82 Å². The van der Waals surface area contributed by atoms with E-state index in [1.807, 2.05) is 30.3 Å². The molecule has 0 radical (unpaired) electrons. The summed E-state index contributed by atoms with van der Waals surface area (Å²) in [5.74, 6) is -0.540. The Morgan fingerprint density at radius 2 is 1.69 bits per heavy atom. The second kappa shape index (κ2) is 10.5. The van der Waals surface area contributed by atoms with Crippen LogP contribution in [0.25, 0.3) is 5.69 Å². The van der Waals surface area contributed by atoms with Crippen molar-refractivity contribution < 1.29 is 13.9 Å². The number of piperazine rings is 1. The van der Waals surface area contributed by atoms with Gasteiger partial charge < -0.3 is 24.8 Å². The highest BCUT2D eigenvalue weighted by Gasteiger charge is 2.28. The number of hydrogen-bond acceptors (Lipinski definition) is 6. The minimum Gasteiger partial charge on any atom is -0.378 e. The highest BCUT2D eigenvalue weighted by molar-refractivity contribution is 6.31. The van der Waals surface area contributed by atoms with E-state index in [0.717, 1.165) is 5.69 Å². The van der Waals surface area contributed by atoms with Gasteiger partial charge in [-0.05, 0) is 30.3 Å². The molecule has 0 unspecified atom stereocenters. The van der Waals surface area contributed by atoms with Crippen molar-refractivity contribution in [3.63, 3.8) is 0 Å². The summed E-state index contributed by atoms with van der Waals surface area (Å²) in [6.45, 7) is 4.29. The molecule has 188 valence electrons. The second-order valence-corrected chi connectivity index (χ2v) is 8.97. The first-order valence-electron chi connectivity index (χ1n) is 11.8. The molecular formula is C25H26ClFN6O3. The maximum atomic E-state index is 13.6. The van der Waals surface area contributed by atoms with Crippen LogP contribution in [0, 0.1) is 5.82 Å². The number of hydrogen-bond donors (Lipinski definition) is 1. The molecule has 2 aromatic carbocycles. The summed E-state index contributed by atoms with van der Waals surface area (Å²) in [5, 5.41) is 7.18. The molecule has 1 N–H and O–H groups in total. The van der Waals surface area contributed by atoms with E-state index in [2.05, 4.69) is 20.2 Å². The lowest BCUT2D eigenvalue weighted by Gasteiger charge is -2.38. The van der Waals surface area contributed by atoms with Crippen molar-refractivity contribution >= 4 is 34.7 Å². The van der Waals surface area contributed by atoms with Crippen LogP contribution in [0.2, 0.25) is 5.02 Å². The predicted octanol–water partition coefficient (Wildman–Crippen LogP) is 3.22. The highest BCUT2D eigenvalue weighted by Crippen LogP contribution is 2.28. The Kier molecular flexibility index (Phi) is 7.06. The van der Waals surface area contributed by atoms with Crippen molar-refractivity contribution in [2.24, 2.45) is 0 Å². The maximum absolute atomic E-state index is 13.6. The first kappa shape index (κ1) is 24.1. The molecule has 11 heteroatoms. The van der Waals surface area contributed by atoms with Crippen molar-refractivity contribution in [3.05, 3.63) is 75.9 Å². The van der Waals surface area contributed by atoms with Crippen LogP contribution in [0.15, 0.2) is 59.5 Å². The molecule has 2 aliphatic rings. The van der Waals surface area contributed by atoms with Gasteiger partial charge in [-0.2, -0.15) is 9.78 Å². The number of urea groups is 1. The minimum atomic E-state index is -0.540. The van der Waals surface area contributed by atoms with Crippen LogP contribution in [0.1, 0.15) is 0 Å². The topological polar surface area (TPSA) is 82.9 Å². The molecule has 2 amide bonds. The monoisotopic (exact) mass is 512 g/mol. The molecule has 5 rings (SSSR count). The molecule has 36 heavy (non-hydrogen) atoms. The Morgan fingerprint density at radius 1 is 0.972 bits per heavy atom. The number of nitrogens with zero attached hydrogens (tertiary/aromatic N) is 5. The van der Waals surface area contributed by atoms with Crippen LogP contribution < -0.4 is 20.7 Å². The molecule has 0 aliphatic carbocycles. The van der Waals surface area contributed by atoms with E-state index in [1.54, 1.807) is 11.1 Å². The molecule has 2 fully saturated rings. The quantitative estimate of drug-likeness (QED) is 0.578. The fourth-order valence-corrected chi connectivity index (χ4v) is 4.61. The fraction of sp³-hybridized carbons (Fsp3) is 0.320. The van der Waals surface area contributed by atoms with Gasteiger partial charge in [0.15, 0.2) is 0 Å². The smallest absolute Gasteiger partial charge is 0.321 e. The van der Waals surface area contributed by atoms with Gasteiger partial charge in [0.05, 0.1) is 35.8 Å². The van der Waals surface area contributed by atoms with Crippen LogP contribution in [-0.4, -0.2) is 73.2 Å². The summed E-state index contributed by atoms with van der Waals surface area (Å²) in [4.78, 5) is 32.2. The van der Waals surface area contributed by atoms with Crippen molar-refractivity contribution in [1.82, 2.24) is 14.7 Å². The van der Waals surface area contributed by atoms with Gasteiger partial charge in [0.2, 0.25) is 0 Å². The highest BCUT2D eigenvalue weighted by atomic mass is 35.5. The number of rotatable bonds is 4. The largest absolute Gasteiger partial charge is 0.378 e. The average molecular weight is 513 g/mol. The summed E-state index contributed by atoms with van der Waals surface area (Å²) in [6.07, 6.45) is 1.73. The molecule has 3 aromatic rings. The number of nitrogens with one attached hydrogen (secondary N) is 1. The third-order valence-corrected chi connectivity index (χ3v) is 6.63. The SMILES string of the molecule is O=C(Nc1ccc(F)c(Cl)c1)N1CCN(c2cnn(-c3ccccc3)c(=O)c2N2CCOCC2)CC1. The van der Waals surface area contributed by atoms with Gasteiger partial charge in [-0.15, -0.1) is 0 Å². The summed E-state index contributed by atoms with van der Waals surface area (Å²) in [5.41, 5.74) is 2.28. The first-order valence-corrected chi connectivity index (χ1v) is 12.2. The van der Waals surface area contributed by atoms with E-state index in [9.17, 15) is 14.0 Å². The van der Waals surface area contributed by atoms with Gasteiger partial charge in [-0.3, -0.25) is 4.79 Å². The predicted molar refractivity (Wildman–Crippen MR) is 137 cm³/mol. The Bertz CT molecular complexity index is 1290. The number of carbonyl (C=O) groups excluding carboxylic acids is 1. The van der Waals surface area contributed by atoms with Gasteiger partial charge in [-0.25, -0.2) is 9.18 Å². The van der Waals surface area contributed by atoms with E-state index in [4.69, 9.17) is 16.3 Å². The number of halogens is 2. The van der Waals surface area contributed by atoms with Gasteiger partial charge in [0.1, 0.15) is 11.5 Å². The van der Waals surface area contributed by atoms with Crippen molar-refractivity contribution in [2.75, 3.05) is 67.6 Å². The molecule has 0 saturated carbocycles. The Hall–Kier alpha value is -3.63. The number of anilines is 3. The van der Waals surface area contributed by atoms with E-state index in [0.29, 0.717) is 69.5 Å². The maximum Gasteiger partial charge on any atom is 0.321 e. The lowest BCUT2D eigenvalue weighted by molar-refractivity contribution is 0.122. The normalized spacial score (nSPS) is 16.2. The van der Waals surface area contributed by atoms with E-state index in [-0.39, 0.29) is 16.6 Å². The molecule has 2 saturated heterocycles. The summed E-state index contributed by atoms with van der Waals surface area (Å²) in [7, 11) is 0. The van der Waals surface area contributed by atoms with E-state index >= 15 is 0 Å². The lowest BCUT2D eigenvalue weighted by Crippen LogP contribution is -2.51. The number of amides is 2. The second-order valence-electron chi connectivity index (χ2n) is 8.56. The van der Waals surface area contributed by atoms with Crippen molar-refractivity contribution in [2.45, 2.75) is 0 Å². The third-order valence-electron chi connectivity index (χ3n) is 6.34. The molecule has 0 spiro atoms. The minimum absolute atomic E-state index is 0.0500. The van der Waals surface area contributed by atoms with Crippen LogP contribution >= 0.6 is 11.6 Å². The number of ether oxygens (including phenoxy) is 1. The van der Waals surface area contributed by atoms with E-state index in [1.165, 1.54) is 22.9 Å². The van der Waals surface area contributed by atoms with Crippen LogP contribution in [-0.2, 0) is 4.74 Å². The summed E-state index contributed by atoms with van der Waals surface area (Å²) < 4.78 is 20.3. The standard InChI is InChI=1S/C25H26ClFN6O3/c26-20-16-18(6-7-21(20)27)29-25(35)32-10-8-30(9-11-32)22-17-28-33(19-4-2-1-3-5-19)24(34)23(22)31-12-14-36-15-13-31/h1-7,16-17H,8-15H2,(H,29,35). The van der Waals surface area contributed by atoms with Crippen molar-refractivity contribution in [1.29, 1.82) is 0 Å². The number of morpholine rings is 1. The molecule has 2 aliphatic heterocycles. The van der Waals surface area contributed by atoms with Gasteiger partial charge in [-0.1, -0.05) is 29.8 Å². The van der Waals surface area contributed by atoms with Gasteiger partial charge >= 0.3 is 6.03 Å². The number of carbonyl (C=O) groups is 1. The molecule has 3 heterocycles. The zero-order chi connectivity index (χ0) is 25.1. The number of para-hydroxylation sites is 1. The molecular weight excluding hydrogens is 487 g/mol. The Morgan fingerprint density at radius 3 is 2.39 bits per heavy atom. The molecule has 0 atom stereocenters. The van der Waals surface area contributed by atoms with Crippen LogP contribution in [0.5, 0.6) is 0 Å². The number of benzene rings is 2. The average Bonchev–Trinajstić information content (AvgIpc) is 2.91. The zero-order valence-electron chi connectivity index (χ0n) is 19.6. The summed E-state index contributed by atoms with van der Waals surface area (Å²) >= 11 is 5.82. The number of aromatic nitrogens is 2. The first-order chi connectivity index (χ1) is 17.5. The molecule has 0 bridgehead atoms.